The molecule has 33 heavy (non-hydrogen) atoms. The summed E-state index contributed by atoms with van der Waals surface area (Å²) in [6.45, 7) is 23.7. The number of sulfone groups is 1. The van der Waals surface area contributed by atoms with Gasteiger partial charge in [0.2, 0.25) is 9.84 Å². The van der Waals surface area contributed by atoms with Crippen LogP contribution in [0, 0.1) is 0 Å². The zero-order valence-electron chi connectivity index (χ0n) is 22.4. The molecule has 0 aromatic heterocycles. The monoisotopic (exact) mass is 474 g/mol. The van der Waals surface area contributed by atoms with Crippen molar-refractivity contribution in [2.24, 2.45) is 0 Å². The van der Waals surface area contributed by atoms with Gasteiger partial charge in [0.1, 0.15) is 21.3 Å². The molecule has 4 nitrogen and oxygen atoms in total. The SMILES string of the molecule is CC(C)(C)c1cc(C(C)(C)C)c(O)c(S(=O)(=O)c2cc(C(C)(C)C)cc(C(C)(C)C)c2O)c1. The van der Waals surface area contributed by atoms with Crippen molar-refractivity contribution >= 4 is 9.84 Å². The molecule has 0 aliphatic carbocycles. The van der Waals surface area contributed by atoms with E-state index < -0.39 is 20.7 Å². The van der Waals surface area contributed by atoms with Crippen LogP contribution in [0.5, 0.6) is 11.5 Å². The fourth-order valence-electron chi connectivity index (χ4n) is 3.75. The molecule has 0 saturated carbocycles. The minimum absolute atomic E-state index is 0.166. The van der Waals surface area contributed by atoms with Gasteiger partial charge < -0.3 is 10.2 Å². The Hall–Kier alpha value is -2.01. The van der Waals surface area contributed by atoms with Crippen LogP contribution in [-0.2, 0) is 31.5 Å². The van der Waals surface area contributed by atoms with Crippen LogP contribution in [0.15, 0.2) is 34.1 Å². The molecule has 0 heterocycles. The third-order valence-corrected chi connectivity index (χ3v) is 7.86. The van der Waals surface area contributed by atoms with Crippen molar-refractivity contribution in [1.82, 2.24) is 0 Å². The Morgan fingerprint density at radius 2 is 0.788 bits per heavy atom. The van der Waals surface area contributed by atoms with E-state index in [4.69, 9.17) is 0 Å². The van der Waals surface area contributed by atoms with E-state index in [0.29, 0.717) is 11.1 Å². The third-order valence-electron chi connectivity index (χ3n) is 6.08. The average Bonchev–Trinajstić information content (AvgIpc) is 2.57. The summed E-state index contributed by atoms with van der Waals surface area (Å²) < 4.78 is 28.1. The number of hydrogen-bond donors (Lipinski definition) is 2. The zero-order chi connectivity index (χ0) is 25.9. The third kappa shape index (κ3) is 5.40. The van der Waals surface area contributed by atoms with Gasteiger partial charge in [-0.1, -0.05) is 95.2 Å². The molecular formula is C28H42O4S. The predicted octanol–water partition coefficient (Wildman–Crippen LogP) is 7.12. The molecular weight excluding hydrogens is 432 g/mol. The van der Waals surface area contributed by atoms with Crippen LogP contribution in [-0.4, -0.2) is 18.6 Å². The van der Waals surface area contributed by atoms with Crippen molar-refractivity contribution in [3.05, 3.63) is 46.5 Å². The highest BCUT2D eigenvalue weighted by atomic mass is 32.2. The van der Waals surface area contributed by atoms with Crippen molar-refractivity contribution < 1.29 is 18.6 Å². The maximum atomic E-state index is 14.1. The summed E-state index contributed by atoms with van der Waals surface area (Å²) in [6, 6.07) is 6.89. The predicted molar refractivity (Wildman–Crippen MR) is 136 cm³/mol. The Kier molecular flexibility index (Phi) is 6.64. The van der Waals surface area contributed by atoms with Gasteiger partial charge in [-0.2, -0.15) is 0 Å². The molecule has 0 aliphatic heterocycles. The molecule has 0 amide bonds. The fourth-order valence-corrected chi connectivity index (χ4v) is 5.28. The second-order valence-electron chi connectivity index (χ2n) is 13.2. The summed E-state index contributed by atoms with van der Waals surface area (Å²) in [4.78, 5) is -0.331. The van der Waals surface area contributed by atoms with Crippen LogP contribution >= 0.6 is 0 Å². The van der Waals surface area contributed by atoms with Gasteiger partial charge in [0.05, 0.1) is 0 Å². The van der Waals surface area contributed by atoms with Gasteiger partial charge in [0.25, 0.3) is 0 Å². The molecule has 2 rings (SSSR count). The molecule has 2 aromatic carbocycles. The summed E-state index contributed by atoms with van der Waals surface area (Å²) in [5, 5.41) is 22.4. The first-order chi connectivity index (χ1) is 14.5. The van der Waals surface area contributed by atoms with E-state index in [1.807, 2.05) is 95.2 Å². The molecule has 5 heteroatoms. The fraction of sp³-hybridized carbons (Fsp3) is 0.571. The van der Waals surface area contributed by atoms with Crippen molar-refractivity contribution in [3.8, 4) is 11.5 Å². The Labute approximate surface area is 201 Å². The molecule has 0 aliphatic rings. The topological polar surface area (TPSA) is 74.6 Å². The second-order valence-corrected chi connectivity index (χ2v) is 15.1. The van der Waals surface area contributed by atoms with Crippen molar-refractivity contribution in [2.45, 2.75) is 115 Å². The van der Waals surface area contributed by atoms with E-state index in [0.717, 1.165) is 11.1 Å². The smallest absolute Gasteiger partial charge is 0.213 e. The van der Waals surface area contributed by atoms with Gasteiger partial charge >= 0.3 is 0 Å². The summed E-state index contributed by atoms with van der Waals surface area (Å²) in [6.07, 6.45) is 0. The lowest BCUT2D eigenvalue weighted by atomic mass is 9.80. The molecule has 2 N–H and O–H groups in total. The van der Waals surface area contributed by atoms with E-state index in [-0.39, 0.29) is 32.1 Å². The van der Waals surface area contributed by atoms with E-state index in [1.54, 1.807) is 12.1 Å². The van der Waals surface area contributed by atoms with Crippen LogP contribution in [0.25, 0.3) is 0 Å². The average molecular weight is 475 g/mol. The van der Waals surface area contributed by atoms with Crippen LogP contribution in [0.2, 0.25) is 0 Å². The van der Waals surface area contributed by atoms with Crippen molar-refractivity contribution in [2.75, 3.05) is 0 Å². The van der Waals surface area contributed by atoms with E-state index in [2.05, 4.69) is 0 Å². The molecule has 0 fully saturated rings. The van der Waals surface area contributed by atoms with Crippen molar-refractivity contribution in [1.29, 1.82) is 0 Å². The van der Waals surface area contributed by atoms with E-state index in [1.165, 1.54) is 0 Å². The largest absolute Gasteiger partial charge is 0.506 e. The van der Waals surface area contributed by atoms with Gasteiger partial charge in [-0.25, -0.2) is 8.42 Å². The molecule has 2 aromatic rings. The zero-order valence-corrected chi connectivity index (χ0v) is 23.2. The second kappa shape index (κ2) is 8.04. The Balaban J connectivity index is 3.04. The highest BCUT2D eigenvalue weighted by Crippen LogP contribution is 2.45. The molecule has 0 spiro atoms. The van der Waals surface area contributed by atoms with Gasteiger partial charge in [-0.15, -0.1) is 0 Å². The molecule has 0 bridgehead atoms. The highest BCUT2D eigenvalue weighted by molar-refractivity contribution is 7.91. The Morgan fingerprint density at radius 1 is 0.515 bits per heavy atom. The summed E-state index contributed by atoms with van der Waals surface area (Å²) >= 11 is 0. The number of phenols is 2. The first-order valence-electron chi connectivity index (χ1n) is 11.5. The van der Waals surface area contributed by atoms with Gasteiger partial charge in [-0.05, 0) is 44.9 Å². The lowest BCUT2D eigenvalue weighted by Gasteiger charge is -2.29. The first kappa shape index (κ1) is 27.2. The maximum absolute atomic E-state index is 14.1. The Morgan fingerprint density at radius 3 is 1.00 bits per heavy atom. The summed E-state index contributed by atoms with van der Waals surface area (Å²) in [5.74, 6) is -0.512. The molecule has 0 radical (unpaired) electrons. The highest BCUT2D eigenvalue weighted by Gasteiger charge is 2.35. The molecule has 184 valence electrons. The van der Waals surface area contributed by atoms with Crippen LogP contribution in [0.3, 0.4) is 0 Å². The number of phenolic OH excluding ortho intramolecular Hbond substituents is 2. The van der Waals surface area contributed by atoms with Crippen LogP contribution in [0.4, 0.5) is 0 Å². The minimum atomic E-state index is -4.23. The summed E-state index contributed by atoms with van der Waals surface area (Å²) in [7, 11) is -4.23. The number of benzene rings is 2. The van der Waals surface area contributed by atoms with Gasteiger partial charge in [0, 0.05) is 11.1 Å². The number of aromatic hydroxyl groups is 2. The normalized spacial score (nSPS) is 13.9. The number of hydrogen-bond acceptors (Lipinski definition) is 4. The molecule has 0 saturated heterocycles. The minimum Gasteiger partial charge on any atom is -0.506 e. The molecule has 0 unspecified atom stereocenters. The van der Waals surface area contributed by atoms with Crippen LogP contribution < -0.4 is 0 Å². The van der Waals surface area contributed by atoms with Gasteiger partial charge in [0.15, 0.2) is 0 Å². The first-order valence-corrected chi connectivity index (χ1v) is 13.0. The summed E-state index contributed by atoms with van der Waals surface area (Å²) in [5.41, 5.74) is 1.15. The Bertz CT molecular complexity index is 1070. The van der Waals surface area contributed by atoms with Crippen LogP contribution in [0.1, 0.15) is 105 Å². The standard InChI is InChI=1S/C28H42O4S/c1-25(2,3)17-13-19(27(7,8)9)23(29)21(15-17)33(31,32)22-16-18(26(4,5)6)14-20(24(22)30)28(10,11)12/h13-16,29-30H,1-12H3. The lowest BCUT2D eigenvalue weighted by Crippen LogP contribution is -2.20. The molecule has 0 atom stereocenters. The lowest BCUT2D eigenvalue weighted by molar-refractivity contribution is 0.424. The maximum Gasteiger partial charge on any atom is 0.213 e. The quantitative estimate of drug-likeness (QED) is 0.486. The van der Waals surface area contributed by atoms with Crippen molar-refractivity contribution in [3.63, 3.8) is 0 Å². The van der Waals surface area contributed by atoms with Gasteiger partial charge in [-0.3, -0.25) is 0 Å². The number of rotatable bonds is 2. The van der Waals surface area contributed by atoms with E-state index >= 15 is 0 Å². The van der Waals surface area contributed by atoms with E-state index in [9.17, 15) is 18.6 Å².